The SMILES string of the molecule is OCCN(Cc1ccccc1F)C1CCCC1. The van der Waals surface area contributed by atoms with Crippen LogP contribution in [0.3, 0.4) is 0 Å². The molecule has 1 aliphatic rings. The number of hydrogen-bond donors (Lipinski definition) is 1. The maximum Gasteiger partial charge on any atom is 0.127 e. The van der Waals surface area contributed by atoms with Crippen molar-refractivity contribution in [1.29, 1.82) is 0 Å². The van der Waals surface area contributed by atoms with Gasteiger partial charge in [-0.15, -0.1) is 0 Å². The molecule has 1 aliphatic carbocycles. The largest absolute Gasteiger partial charge is 0.395 e. The molecular weight excluding hydrogens is 217 g/mol. The van der Waals surface area contributed by atoms with Crippen LogP contribution in [0.25, 0.3) is 0 Å². The lowest BCUT2D eigenvalue weighted by Crippen LogP contribution is -2.35. The van der Waals surface area contributed by atoms with Crippen molar-refractivity contribution in [2.45, 2.75) is 38.3 Å². The molecular formula is C14H20FNO. The highest BCUT2D eigenvalue weighted by molar-refractivity contribution is 5.17. The number of aliphatic hydroxyl groups excluding tert-OH is 1. The van der Waals surface area contributed by atoms with E-state index in [9.17, 15) is 4.39 Å². The van der Waals surface area contributed by atoms with Gasteiger partial charge >= 0.3 is 0 Å². The quantitative estimate of drug-likeness (QED) is 0.850. The first-order chi connectivity index (χ1) is 8.31. The zero-order valence-corrected chi connectivity index (χ0v) is 10.1. The zero-order valence-electron chi connectivity index (χ0n) is 10.1. The predicted octanol–water partition coefficient (Wildman–Crippen LogP) is 2.56. The first-order valence-corrected chi connectivity index (χ1v) is 6.39. The minimum absolute atomic E-state index is 0.144. The molecule has 1 aromatic rings. The normalized spacial score (nSPS) is 16.9. The summed E-state index contributed by atoms with van der Waals surface area (Å²) < 4.78 is 13.6. The van der Waals surface area contributed by atoms with Crippen LogP contribution in [0.5, 0.6) is 0 Å². The van der Waals surface area contributed by atoms with Crippen LogP contribution in [0, 0.1) is 5.82 Å². The van der Waals surface area contributed by atoms with E-state index in [1.165, 1.54) is 31.7 Å². The van der Waals surface area contributed by atoms with Gasteiger partial charge in [-0.3, -0.25) is 4.90 Å². The standard InChI is InChI=1S/C14H20FNO/c15-14-8-4-1-5-12(14)11-16(9-10-17)13-6-2-3-7-13/h1,4-5,8,13,17H,2-3,6-7,9-11H2. The van der Waals surface area contributed by atoms with Gasteiger partial charge in [-0.2, -0.15) is 0 Å². The Morgan fingerprint density at radius 1 is 1.24 bits per heavy atom. The summed E-state index contributed by atoms with van der Waals surface area (Å²) >= 11 is 0. The maximum atomic E-state index is 13.6. The molecule has 0 amide bonds. The number of halogens is 1. The molecule has 94 valence electrons. The smallest absolute Gasteiger partial charge is 0.127 e. The van der Waals surface area contributed by atoms with Gasteiger partial charge in [0.25, 0.3) is 0 Å². The summed E-state index contributed by atoms with van der Waals surface area (Å²) in [6.07, 6.45) is 4.86. The number of nitrogens with zero attached hydrogens (tertiary/aromatic N) is 1. The second-order valence-corrected chi connectivity index (χ2v) is 4.72. The van der Waals surface area contributed by atoms with Crippen LogP contribution in [0.4, 0.5) is 4.39 Å². The third kappa shape index (κ3) is 3.27. The van der Waals surface area contributed by atoms with Crippen molar-refractivity contribution in [1.82, 2.24) is 4.90 Å². The fourth-order valence-electron chi connectivity index (χ4n) is 2.63. The van der Waals surface area contributed by atoms with Crippen molar-refractivity contribution < 1.29 is 9.50 Å². The molecule has 0 saturated heterocycles. The molecule has 2 rings (SSSR count). The van der Waals surface area contributed by atoms with Crippen molar-refractivity contribution in [2.75, 3.05) is 13.2 Å². The molecule has 0 aromatic heterocycles. The Hall–Kier alpha value is -0.930. The van der Waals surface area contributed by atoms with E-state index in [4.69, 9.17) is 5.11 Å². The first-order valence-electron chi connectivity index (χ1n) is 6.39. The summed E-state index contributed by atoms with van der Waals surface area (Å²) in [6, 6.07) is 7.42. The van der Waals surface area contributed by atoms with Gasteiger partial charge < -0.3 is 5.11 Å². The topological polar surface area (TPSA) is 23.5 Å². The van der Waals surface area contributed by atoms with Crippen LogP contribution >= 0.6 is 0 Å². The molecule has 0 heterocycles. The number of hydrogen-bond acceptors (Lipinski definition) is 2. The van der Waals surface area contributed by atoms with Gasteiger partial charge in [0.05, 0.1) is 6.61 Å². The Bertz CT molecular complexity index is 350. The van der Waals surface area contributed by atoms with E-state index in [1.807, 2.05) is 12.1 Å². The highest BCUT2D eigenvalue weighted by atomic mass is 19.1. The van der Waals surface area contributed by atoms with Crippen LogP contribution in [0.15, 0.2) is 24.3 Å². The summed E-state index contributed by atoms with van der Waals surface area (Å²) in [5, 5.41) is 9.11. The Morgan fingerprint density at radius 3 is 2.59 bits per heavy atom. The van der Waals surface area contributed by atoms with Crippen molar-refractivity contribution in [3.05, 3.63) is 35.6 Å². The molecule has 17 heavy (non-hydrogen) atoms. The fraction of sp³-hybridized carbons (Fsp3) is 0.571. The molecule has 1 saturated carbocycles. The average Bonchev–Trinajstić information content (AvgIpc) is 2.85. The zero-order chi connectivity index (χ0) is 12.1. The molecule has 2 nitrogen and oxygen atoms in total. The molecule has 1 N–H and O–H groups in total. The van der Waals surface area contributed by atoms with Crippen molar-refractivity contribution in [3.63, 3.8) is 0 Å². The lowest BCUT2D eigenvalue weighted by atomic mass is 10.1. The lowest BCUT2D eigenvalue weighted by molar-refractivity contribution is 0.143. The average molecular weight is 237 g/mol. The van der Waals surface area contributed by atoms with Gasteiger partial charge in [-0.1, -0.05) is 31.0 Å². The van der Waals surface area contributed by atoms with Crippen molar-refractivity contribution >= 4 is 0 Å². The highest BCUT2D eigenvalue weighted by Gasteiger charge is 2.22. The molecule has 0 bridgehead atoms. The van der Waals surface area contributed by atoms with E-state index in [0.29, 0.717) is 19.1 Å². The van der Waals surface area contributed by atoms with Crippen LogP contribution in [-0.4, -0.2) is 29.2 Å². The molecule has 1 aromatic carbocycles. The molecule has 0 radical (unpaired) electrons. The van der Waals surface area contributed by atoms with E-state index in [0.717, 1.165) is 5.56 Å². The second-order valence-electron chi connectivity index (χ2n) is 4.72. The Balaban J connectivity index is 2.04. The van der Waals surface area contributed by atoms with E-state index in [-0.39, 0.29) is 12.4 Å². The summed E-state index contributed by atoms with van der Waals surface area (Å²) in [7, 11) is 0. The summed E-state index contributed by atoms with van der Waals surface area (Å²) in [5.41, 5.74) is 0.729. The molecule has 1 fully saturated rings. The van der Waals surface area contributed by atoms with Gasteiger partial charge in [0, 0.05) is 24.7 Å². The lowest BCUT2D eigenvalue weighted by Gasteiger charge is -2.28. The van der Waals surface area contributed by atoms with E-state index >= 15 is 0 Å². The van der Waals surface area contributed by atoms with Crippen LogP contribution in [0.1, 0.15) is 31.2 Å². The second kappa shape index (κ2) is 6.12. The van der Waals surface area contributed by atoms with Crippen LogP contribution in [0.2, 0.25) is 0 Å². The number of aliphatic hydroxyl groups is 1. The molecule has 0 atom stereocenters. The Kier molecular flexibility index (Phi) is 4.51. The monoisotopic (exact) mass is 237 g/mol. The van der Waals surface area contributed by atoms with E-state index < -0.39 is 0 Å². The number of benzene rings is 1. The van der Waals surface area contributed by atoms with Gasteiger partial charge in [-0.25, -0.2) is 4.39 Å². The predicted molar refractivity (Wildman–Crippen MR) is 66.2 cm³/mol. The van der Waals surface area contributed by atoms with Gasteiger partial charge in [-0.05, 0) is 18.9 Å². The number of rotatable bonds is 5. The fourth-order valence-corrected chi connectivity index (χ4v) is 2.63. The van der Waals surface area contributed by atoms with Gasteiger partial charge in [0.2, 0.25) is 0 Å². The maximum absolute atomic E-state index is 13.6. The third-order valence-corrected chi connectivity index (χ3v) is 3.56. The van der Waals surface area contributed by atoms with Crippen molar-refractivity contribution in [2.24, 2.45) is 0 Å². The Morgan fingerprint density at radius 2 is 1.94 bits per heavy atom. The summed E-state index contributed by atoms with van der Waals surface area (Å²) in [6.45, 7) is 1.39. The van der Waals surface area contributed by atoms with Crippen LogP contribution in [-0.2, 0) is 6.54 Å². The molecule has 0 aliphatic heterocycles. The van der Waals surface area contributed by atoms with Crippen molar-refractivity contribution in [3.8, 4) is 0 Å². The van der Waals surface area contributed by atoms with E-state index in [1.54, 1.807) is 6.07 Å². The summed E-state index contributed by atoms with van der Waals surface area (Å²) in [5.74, 6) is -0.145. The Labute approximate surface area is 102 Å². The summed E-state index contributed by atoms with van der Waals surface area (Å²) in [4.78, 5) is 2.21. The van der Waals surface area contributed by atoms with Gasteiger partial charge in [0.15, 0.2) is 0 Å². The minimum Gasteiger partial charge on any atom is -0.395 e. The van der Waals surface area contributed by atoms with Crippen LogP contribution < -0.4 is 0 Å². The highest BCUT2D eigenvalue weighted by Crippen LogP contribution is 2.25. The first kappa shape index (κ1) is 12.5. The minimum atomic E-state index is -0.145. The molecule has 0 unspecified atom stereocenters. The van der Waals surface area contributed by atoms with Gasteiger partial charge in [0.1, 0.15) is 5.82 Å². The third-order valence-electron chi connectivity index (χ3n) is 3.56. The molecule has 3 heteroatoms. The van der Waals surface area contributed by atoms with E-state index in [2.05, 4.69) is 4.90 Å². The molecule has 0 spiro atoms.